The van der Waals surface area contributed by atoms with Gasteiger partial charge in [-0.15, -0.1) is 0 Å². The summed E-state index contributed by atoms with van der Waals surface area (Å²) in [6.07, 6.45) is 0. The maximum absolute atomic E-state index is 12.6. The van der Waals surface area contributed by atoms with Gasteiger partial charge in [-0.1, -0.05) is 45.0 Å². The minimum Gasteiger partial charge on any atom is -0.397 e. The zero-order chi connectivity index (χ0) is 15.6. The van der Waals surface area contributed by atoms with Crippen LogP contribution in [0.15, 0.2) is 42.5 Å². The topological polar surface area (TPSA) is 55.1 Å². The largest absolute Gasteiger partial charge is 0.397 e. The first-order valence-corrected chi connectivity index (χ1v) is 7.06. The highest BCUT2D eigenvalue weighted by atomic mass is 16.1. The maximum atomic E-state index is 12.6. The highest BCUT2D eigenvalue weighted by Crippen LogP contribution is 2.27. The lowest BCUT2D eigenvalue weighted by molar-refractivity contribution is 0.102. The summed E-state index contributed by atoms with van der Waals surface area (Å²) in [5.74, 6) is -0.127. The van der Waals surface area contributed by atoms with E-state index in [4.69, 9.17) is 5.73 Å². The summed E-state index contributed by atoms with van der Waals surface area (Å²) in [5, 5.41) is 2.92. The van der Waals surface area contributed by atoms with Crippen LogP contribution >= 0.6 is 0 Å². The molecule has 0 bridgehead atoms. The summed E-state index contributed by atoms with van der Waals surface area (Å²) in [7, 11) is 0. The summed E-state index contributed by atoms with van der Waals surface area (Å²) in [6, 6.07) is 13.3. The van der Waals surface area contributed by atoms with Crippen molar-refractivity contribution in [2.75, 3.05) is 11.1 Å². The molecule has 3 heteroatoms. The molecule has 0 radical (unpaired) electrons. The van der Waals surface area contributed by atoms with Crippen molar-refractivity contribution in [2.45, 2.75) is 33.1 Å². The van der Waals surface area contributed by atoms with Crippen LogP contribution in [0.25, 0.3) is 0 Å². The van der Waals surface area contributed by atoms with E-state index in [1.54, 1.807) is 6.07 Å². The minimum atomic E-state index is -0.127. The normalized spacial score (nSPS) is 11.2. The van der Waals surface area contributed by atoms with Crippen LogP contribution in [0, 0.1) is 6.92 Å². The molecule has 2 rings (SSSR count). The van der Waals surface area contributed by atoms with Crippen LogP contribution in [-0.2, 0) is 5.41 Å². The van der Waals surface area contributed by atoms with E-state index in [0.717, 1.165) is 11.1 Å². The second kappa shape index (κ2) is 5.60. The van der Waals surface area contributed by atoms with Gasteiger partial charge in [0.25, 0.3) is 5.91 Å². The number of rotatable bonds is 2. The number of anilines is 2. The van der Waals surface area contributed by atoms with E-state index in [2.05, 4.69) is 26.1 Å². The van der Waals surface area contributed by atoms with Gasteiger partial charge in [0.05, 0.1) is 11.4 Å². The van der Waals surface area contributed by atoms with E-state index in [1.165, 1.54) is 0 Å². The number of hydrogen-bond acceptors (Lipinski definition) is 2. The molecule has 0 spiro atoms. The molecule has 3 nitrogen and oxygen atoms in total. The van der Waals surface area contributed by atoms with Gasteiger partial charge < -0.3 is 11.1 Å². The first kappa shape index (κ1) is 15.1. The lowest BCUT2D eigenvalue weighted by Gasteiger charge is -2.22. The Morgan fingerprint density at radius 2 is 1.76 bits per heavy atom. The molecule has 0 fully saturated rings. The van der Waals surface area contributed by atoms with Crippen molar-refractivity contribution in [2.24, 2.45) is 0 Å². The Hall–Kier alpha value is -2.29. The van der Waals surface area contributed by atoms with Gasteiger partial charge >= 0.3 is 0 Å². The summed E-state index contributed by atoms with van der Waals surface area (Å²) in [6.45, 7) is 8.26. The number of nitrogen functional groups attached to an aromatic ring is 1. The average molecular weight is 282 g/mol. The molecular weight excluding hydrogens is 260 g/mol. The smallest absolute Gasteiger partial charge is 0.256 e. The number of aryl methyl sites for hydroxylation is 1. The van der Waals surface area contributed by atoms with Crippen LogP contribution < -0.4 is 11.1 Å². The summed E-state index contributed by atoms with van der Waals surface area (Å²) >= 11 is 0. The zero-order valence-corrected chi connectivity index (χ0v) is 13.0. The molecule has 0 aliphatic heterocycles. The highest BCUT2D eigenvalue weighted by molar-refractivity contribution is 6.06. The number of hydrogen-bond donors (Lipinski definition) is 2. The summed E-state index contributed by atoms with van der Waals surface area (Å²) in [4.78, 5) is 12.6. The molecule has 0 unspecified atom stereocenters. The van der Waals surface area contributed by atoms with Gasteiger partial charge in [0.15, 0.2) is 0 Å². The predicted molar refractivity (Wildman–Crippen MR) is 88.7 cm³/mol. The van der Waals surface area contributed by atoms with Gasteiger partial charge in [-0.05, 0) is 41.7 Å². The van der Waals surface area contributed by atoms with Gasteiger partial charge in [0.1, 0.15) is 0 Å². The molecule has 21 heavy (non-hydrogen) atoms. The summed E-state index contributed by atoms with van der Waals surface area (Å²) in [5.41, 5.74) is 9.83. The maximum Gasteiger partial charge on any atom is 0.256 e. The Morgan fingerprint density at radius 1 is 1.10 bits per heavy atom. The molecular formula is C18H22N2O. The third-order valence-electron chi connectivity index (χ3n) is 3.44. The molecule has 0 aromatic heterocycles. The van der Waals surface area contributed by atoms with Gasteiger partial charge in [-0.2, -0.15) is 0 Å². The Kier molecular flexibility index (Phi) is 4.03. The van der Waals surface area contributed by atoms with Gasteiger partial charge in [0.2, 0.25) is 0 Å². The predicted octanol–water partition coefficient (Wildman–Crippen LogP) is 4.13. The second-order valence-electron chi connectivity index (χ2n) is 6.34. The highest BCUT2D eigenvalue weighted by Gasteiger charge is 2.21. The molecule has 0 heterocycles. The van der Waals surface area contributed by atoms with Crippen molar-refractivity contribution in [3.05, 3.63) is 59.2 Å². The van der Waals surface area contributed by atoms with E-state index in [1.807, 2.05) is 43.3 Å². The van der Waals surface area contributed by atoms with Crippen molar-refractivity contribution in [3.63, 3.8) is 0 Å². The molecule has 0 atom stereocenters. The third kappa shape index (κ3) is 3.43. The van der Waals surface area contributed by atoms with Gasteiger partial charge in [-0.25, -0.2) is 0 Å². The standard InChI is InChI=1S/C18H22N2O/c1-12-9-10-15(19)16(11-12)20-17(21)13-7-5-6-8-14(13)18(2,3)4/h5-11H,19H2,1-4H3,(H,20,21). The quantitative estimate of drug-likeness (QED) is 0.814. The minimum absolute atomic E-state index is 0.0912. The molecule has 110 valence electrons. The molecule has 3 N–H and O–H groups in total. The fourth-order valence-electron chi connectivity index (χ4n) is 2.30. The summed E-state index contributed by atoms with van der Waals surface area (Å²) < 4.78 is 0. The Labute approximate surface area is 126 Å². The average Bonchev–Trinajstić information content (AvgIpc) is 2.42. The van der Waals surface area contributed by atoms with Crippen molar-refractivity contribution in [3.8, 4) is 0 Å². The number of carbonyl (C=O) groups excluding carboxylic acids is 1. The molecule has 0 saturated carbocycles. The van der Waals surface area contributed by atoms with Crippen LogP contribution in [0.3, 0.4) is 0 Å². The van der Waals surface area contributed by atoms with E-state index in [9.17, 15) is 4.79 Å². The van der Waals surface area contributed by atoms with Crippen molar-refractivity contribution < 1.29 is 4.79 Å². The number of amides is 1. The van der Waals surface area contributed by atoms with Crippen LogP contribution in [0.5, 0.6) is 0 Å². The first-order valence-electron chi connectivity index (χ1n) is 7.06. The SMILES string of the molecule is Cc1ccc(N)c(NC(=O)c2ccccc2C(C)(C)C)c1. The molecule has 0 aliphatic rings. The monoisotopic (exact) mass is 282 g/mol. The number of nitrogens with one attached hydrogen (secondary N) is 1. The molecule has 2 aromatic carbocycles. The van der Waals surface area contributed by atoms with Crippen molar-refractivity contribution in [1.29, 1.82) is 0 Å². The van der Waals surface area contributed by atoms with E-state index >= 15 is 0 Å². The zero-order valence-electron chi connectivity index (χ0n) is 13.0. The fourth-order valence-corrected chi connectivity index (χ4v) is 2.30. The van der Waals surface area contributed by atoms with Crippen LogP contribution in [0.2, 0.25) is 0 Å². The Morgan fingerprint density at radius 3 is 2.43 bits per heavy atom. The Bertz CT molecular complexity index is 669. The molecule has 1 amide bonds. The van der Waals surface area contributed by atoms with Gasteiger partial charge in [0, 0.05) is 5.56 Å². The molecule has 0 saturated heterocycles. The number of carbonyl (C=O) groups is 1. The lowest BCUT2D eigenvalue weighted by atomic mass is 9.83. The van der Waals surface area contributed by atoms with E-state index < -0.39 is 0 Å². The molecule has 2 aromatic rings. The first-order chi connectivity index (χ1) is 9.79. The van der Waals surface area contributed by atoms with Crippen molar-refractivity contribution in [1.82, 2.24) is 0 Å². The molecule has 0 aliphatic carbocycles. The van der Waals surface area contributed by atoms with E-state index in [0.29, 0.717) is 16.9 Å². The number of benzene rings is 2. The van der Waals surface area contributed by atoms with Crippen LogP contribution in [-0.4, -0.2) is 5.91 Å². The van der Waals surface area contributed by atoms with Crippen molar-refractivity contribution >= 4 is 17.3 Å². The van der Waals surface area contributed by atoms with E-state index in [-0.39, 0.29) is 11.3 Å². The fraction of sp³-hybridized carbons (Fsp3) is 0.278. The van der Waals surface area contributed by atoms with Crippen LogP contribution in [0.4, 0.5) is 11.4 Å². The lowest BCUT2D eigenvalue weighted by Crippen LogP contribution is -2.21. The van der Waals surface area contributed by atoms with Crippen LogP contribution in [0.1, 0.15) is 42.3 Å². The van der Waals surface area contributed by atoms with Gasteiger partial charge in [-0.3, -0.25) is 4.79 Å². The Balaban J connectivity index is 2.36. The second-order valence-corrected chi connectivity index (χ2v) is 6.34. The third-order valence-corrected chi connectivity index (χ3v) is 3.44. The number of nitrogens with two attached hydrogens (primary N) is 1.